The molecule has 1 saturated heterocycles. The van der Waals surface area contributed by atoms with Gasteiger partial charge in [0.05, 0.1) is 12.6 Å². The number of likely N-dealkylation sites (tertiary alicyclic amines) is 1. The molecule has 3 nitrogen and oxygen atoms in total. The van der Waals surface area contributed by atoms with Crippen molar-refractivity contribution < 1.29 is 9.90 Å². The van der Waals surface area contributed by atoms with Crippen LogP contribution in [0.15, 0.2) is 0 Å². The van der Waals surface area contributed by atoms with Crippen LogP contribution in [-0.4, -0.2) is 40.4 Å². The summed E-state index contributed by atoms with van der Waals surface area (Å²) in [5.74, 6) is 0.621. The van der Waals surface area contributed by atoms with Gasteiger partial charge in [0.25, 0.3) is 0 Å². The molecular weight excluding hydrogens is 246 g/mol. The predicted octanol–water partition coefficient (Wildman–Crippen LogP) is 1.39. The Kier molecular flexibility index (Phi) is 4.89. The quantitative estimate of drug-likeness (QED) is 0.762. The van der Waals surface area contributed by atoms with Crippen LogP contribution in [0.2, 0.25) is 0 Å². The summed E-state index contributed by atoms with van der Waals surface area (Å²) in [6.07, 6.45) is 2.54. The first kappa shape index (κ1) is 12.0. The van der Waals surface area contributed by atoms with Gasteiger partial charge in [0.1, 0.15) is 0 Å². The summed E-state index contributed by atoms with van der Waals surface area (Å²) in [6.45, 7) is 2.97. The summed E-state index contributed by atoms with van der Waals surface area (Å²) < 4.78 is 0. The van der Waals surface area contributed by atoms with Crippen molar-refractivity contribution in [1.82, 2.24) is 4.90 Å². The maximum atomic E-state index is 11.6. The molecule has 82 valence electrons. The fourth-order valence-electron chi connectivity index (χ4n) is 1.94. The zero-order valence-corrected chi connectivity index (χ0v) is 10.2. The summed E-state index contributed by atoms with van der Waals surface area (Å²) >= 11 is 3.40. The van der Waals surface area contributed by atoms with Gasteiger partial charge >= 0.3 is 0 Å². The van der Waals surface area contributed by atoms with Crippen molar-refractivity contribution in [3.8, 4) is 0 Å². The van der Waals surface area contributed by atoms with Gasteiger partial charge in [-0.1, -0.05) is 29.3 Å². The van der Waals surface area contributed by atoms with E-state index in [1.54, 1.807) is 0 Å². The number of nitrogens with zero attached hydrogens (tertiary/aromatic N) is 1. The van der Waals surface area contributed by atoms with E-state index in [0.717, 1.165) is 24.7 Å². The maximum absolute atomic E-state index is 11.6. The van der Waals surface area contributed by atoms with E-state index in [1.165, 1.54) is 0 Å². The van der Waals surface area contributed by atoms with Crippen molar-refractivity contribution >= 4 is 21.8 Å². The van der Waals surface area contributed by atoms with Gasteiger partial charge in [0.2, 0.25) is 5.91 Å². The first-order valence-corrected chi connectivity index (χ1v) is 6.31. The SMILES string of the molecule is CCCC(CO)N1CC(CBr)CC1=O. The molecule has 0 radical (unpaired) electrons. The molecule has 0 spiro atoms. The molecule has 1 amide bonds. The Morgan fingerprint density at radius 2 is 2.43 bits per heavy atom. The Morgan fingerprint density at radius 1 is 1.71 bits per heavy atom. The van der Waals surface area contributed by atoms with Crippen molar-refractivity contribution in [2.45, 2.75) is 32.2 Å². The average Bonchev–Trinajstić information content (AvgIpc) is 2.56. The lowest BCUT2D eigenvalue weighted by molar-refractivity contribution is -0.130. The Balaban J connectivity index is 2.53. The second-order valence-corrected chi connectivity index (χ2v) is 4.54. The number of hydrogen-bond acceptors (Lipinski definition) is 2. The number of amides is 1. The molecule has 0 saturated carbocycles. The zero-order chi connectivity index (χ0) is 10.6. The molecule has 1 heterocycles. The third kappa shape index (κ3) is 2.70. The summed E-state index contributed by atoms with van der Waals surface area (Å²) in [4.78, 5) is 13.5. The molecule has 0 aromatic rings. The van der Waals surface area contributed by atoms with Crippen molar-refractivity contribution in [3.05, 3.63) is 0 Å². The van der Waals surface area contributed by atoms with E-state index in [2.05, 4.69) is 22.9 Å². The third-order valence-electron chi connectivity index (χ3n) is 2.73. The van der Waals surface area contributed by atoms with Gasteiger partial charge in [-0.05, 0) is 12.3 Å². The second-order valence-electron chi connectivity index (χ2n) is 3.90. The Bertz CT molecular complexity index is 199. The fourth-order valence-corrected chi connectivity index (χ4v) is 2.38. The van der Waals surface area contributed by atoms with E-state index in [9.17, 15) is 9.90 Å². The summed E-state index contributed by atoms with van der Waals surface area (Å²) in [5, 5.41) is 10.1. The molecular formula is C10H18BrNO2. The number of aliphatic hydroxyl groups is 1. The fraction of sp³-hybridized carbons (Fsp3) is 0.900. The van der Waals surface area contributed by atoms with Crippen LogP contribution in [0.3, 0.4) is 0 Å². The predicted molar refractivity (Wildman–Crippen MR) is 59.4 cm³/mol. The van der Waals surface area contributed by atoms with Crippen LogP contribution < -0.4 is 0 Å². The summed E-state index contributed by atoms with van der Waals surface area (Å²) in [7, 11) is 0. The van der Waals surface area contributed by atoms with E-state index in [4.69, 9.17) is 0 Å². The molecule has 0 bridgehead atoms. The van der Waals surface area contributed by atoms with Crippen LogP contribution in [0.25, 0.3) is 0 Å². The molecule has 1 aliphatic heterocycles. The molecule has 1 aliphatic rings. The van der Waals surface area contributed by atoms with E-state index in [1.807, 2.05) is 4.90 Å². The van der Waals surface area contributed by atoms with Crippen molar-refractivity contribution in [2.75, 3.05) is 18.5 Å². The largest absolute Gasteiger partial charge is 0.394 e. The van der Waals surface area contributed by atoms with Crippen LogP contribution in [0.1, 0.15) is 26.2 Å². The van der Waals surface area contributed by atoms with Gasteiger partial charge in [-0.15, -0.1) is 0 Å². The molecule has 0 aliphatic carbocycles. The summed E-state index contributed by atoms with van der Waals surface area (Å²) in [5.41, 5.74) is 0. The molecule has 1 N–H and O–H groups in total. The van der Waals surface area contributed by atoms with Crippen LogP contribution in [-0.2, 0) is 4.79 Å². The average molecular weight is 264 g/mol. The van der Waals surface area contributed by atoms with Crippen LogP contribution >= 0.6 is 15.9 Å². The molecule has 4 heteroatoms. The molecule has 0 aromatic heterocycles. The number of carbonyl (C=O) groups excluding carboxylic acids is 1. The topological polar surface area (TPSA) is 40.5 Å². The smallest absolute Gasteiger partial charge is 0.223 e. The molecule has 14 heavy (non-hydrogen) atoms. The van der Waals surface area contributed by atoms with Crippen molar-refractivity contribution in [3.63, 3.8) is 0 Å². The van der Waals surface area contributed by atoms with Gasteiger partial charge < -0.3 is 10.0 Å². The Hall–Kier alpha value is -0.0900. The monoisotopic (exact) mass is 263 g/mol. The van der Waals surface area contributed by atoms with E-state index in [0.29, 0.717) is 12.3 Å². The van der Waals surface area contributed by atoms with Gasteiger partial charge in [0.15, 0.2) is 0 Å². The lowest BCUT2D eigenvalue weighted by atomic mass is 10.1. The van der Waals surface area contributed by atoms with Gasteiger partial charge in [-0.3, -0.25) is 4.79 Å². The van der Waals surface area contributed by atoms with Gasteiger partial charge in [-0.2, -0.15) is 0 Å². The molecule has 0 aromatic carbocycles. The van der Waals surface area contributed by atoms with Crippen LogP contribution in [0.4, 0.5) is 0 Å². The lowest BCUT2D eigenvalue weighted by Gasteiger charge is -2.26. The Labute approximate surface area is 93.6 Å². The number of halogens is 1. The summed E-state index contributed by atoms with van der Waals surface area (Å²) in [6, 6.07) is 0.0385. The van der Waals surface area contributed by atoms with Crippen LogP contribution in [0, 0.1) is 5.92 Å². The standard InChI is InChI=1S/C10H18BrNO2/c1-2-3-9(7-13)12-6-8(5-11)4-10(12)14/h8-9,13H,2-7H2,1H3. The highest BCUT2D eigenvalue weighted by Crippen LogP contribution is 2.23. The minimum atomic E-state index is 0.0385. The minimum Gasteiger partial charge on any atom is -0.394 e. The third-order valence-corrected chi connectivity index (χ3v) is 3.65. The normalized spacial score (nSPS) is 24.4. The number of alkyl halides is 1. The first-order valence-electron chi connectivity index (χ1n) is 5.19. The highest BCUT2D eigenvalue weighted by Gasteiger charge is 2.32. The lowest BCUT2D eigenvalue weighted by Crippen LogP contribution is -2.39. The second kappa shape index (κ2) is 5.71. The van der Waals surface area contributed by atoms with E-state index in [-0.39, 0.29) is 18.6 Å². The van der Waals surface area contributed by atoms with Crippen molar-refractivity contribution in [2.24, 2.45) is 5.92 Å². The molecule has 2 unspecified atom stereocenters. The molecule has 1 rings (SSSR count). The zero-order valence-electron chi connectivity index (χ0n) is 8.58. The Morgan fingerprint density at radius 3 is 2.86 bits per heavy atom. The van der Waals surface area contributed by atoms with Gasteiger partial charge in [-0.25, -0.2) is 0 Å². The number of rotatable bonds is 5. The molecule has 1 fully saturated rings. The first-order chi connectivity index (χ1) is 6.72. The van der Waals surface area contributed by atoms with E-state index < -0.39 is 0 Å². The molecule has 2 atom stereocenters. The highest BCUT2D eigenvalue weighted by molar-refractivity contribution is 9.09. The number of hydrogen-bond donors (Lipinski definition) is 1. The highest BCUT2D eigenvalue weighted by atomic mass is 79.9. The maximum Gasteiger partial charge on any atom is 0.223 e. The van der Waals surface area contributed by atoms with E-state index >= 15 is 0 Å². The number of aliphatic hydroxyl groups excluding tert-OH is 1. The van der Waals surface area contributed by atoms with Gasteiger partial charge in [0, 0.05) is 18.3 Å². The number of carbonyl (C=O) groups is 1. The van der Waals surface area contributed by atoms with Crippen molar-refractivity contribution in [1.29, 1.82) is 0 Å². The van der Waals surface area contributed by atoms with Crippen LogP contribution in [0.5, 0.6) is 0 Å². The minimum absolute atomic E-state index is 0.0385.